The summed E-state index contributed by atoms with van der Waals surface area (Å²) >= 11 is 1.42. The summed E-state index contributed by atoms with van der Waals surface area (Å²) in [5.41, 5.74) is 2.23. The summed E-state index contributed by atoms with van der Waals surface area (Å²) < 4.78 is 0. The number of hydrogen-bond donors (Lipinski definition) is 1. The molecule has 88 valence electrons. The van der Waals surface area contributed by atoms with Crippen LogP contribution in [-0.2, 0) is 0 Å². The summed E-state index contributed by atoms with van der Waals surface area (Å²) in [6, 6.07) is 9.23. The van der Waals surface area contributed by atoms with E-state index >= 15 is 0 Å². The van der Waals surface area contributed by atoms with Crippen LogP contribution in [0.15, 0.2) is 35.7 Å². The molecule has 1 atom stereocenters. The van der Waals surface area contributed by atoms with Gasteiger partial charge in [0.15, 0.2) is 0 Å². The van der Waals surface area contributed by atoms with Crippen LogP contribution in [0.4, 0.5) is 0 Å². The van der Waals surface area contributed by atoms with E-state index in [1.54, 1.807) is 13.0 Å². The molecular weight excluding hydrogens is 232 g/mol. The van der Waals surface area contributed by atoms with E-state index < -0.39 is 6.10 Å². The van der Waals surface area contributed by atoms with Crippen LogP contribution in [0.5, 0.6) is 0 Å². The molecule has 1 aromatic carbocycles. The minimum atomic E-state index is -0.631. The fourth-order valence-electron chi connectivity index (χ4n) is 1.88. The molecule has 0 bridgehead atoms. The van der Waals surface area contributed by atoms with Crippen molar-refractivity contribution in [2.75, 3.05) is 0 Å². The quantitative estimate of drug-likeness (QED) is 0.843. The zero-order valence-electron chi connectivity index (χ0n) is 9.81. The van der Waals surface area contributed by atoms with Crippen molar-refractivity contribution >= 4 is 17.1 Å². The molecule has 2 rings (SSSR count). The van der Waals surface area contributed by atoms with E-state index in [4.69, 9.17) is 0 Å². The molecule has 1 N–H and O–H groups in total. The molecule has 0 saturated carbocycles. The standard InChI is InChI=1S/C14H14O2S/c1-9-5-3-6-11(10(2)15)13(9)14(16)12-7-4-8-17-12/h3-8,10,15H,1-2H3. The lowest BCUT2D eigenvalue weighted by atomic mass is 9.94. The van der Waals surface area contributed by atoms with Gasteiger partial charge in [-0.1, -0.05) is 24.3 Å². The predicted octanol–water partition coefficient (Wildman–Crippen LogP) is 3.34. The molecule has 0 saturated heterocycles. The third-order valence-corrected chi connectivity index (χ3v) is 3.60. The summed E-state index contributed by atoms with van der Waals surface area (Å²) in [7, 11) is 0. The fraction of sp³-hybridized carbons (Fsp3) is 0.214. The summed E-state index contributed by atoms with van der Waals surface area (Å²) in [6.45, 7) is 3.58. The molecule has 0 spiro atoms. The van der Waals surface area contributed by atoms with Crippen LogP contribution < -0.4 is 0 Å². The Bertz CT molecular complexity index is 527. The minimum Gasteiger partial charge on any atom is -0.389 e. The van der Waals surface area contributed by atoms with Crippen molar-refractivity contribution in [2.45, 2.75) is 20.0 Å². The molecule has 0 fully saturated rings. The Morgan fingerprint density at radius 1 is 1.29 bits per heavy atom. The second-order valence-electron chi connectivity index (χ2n) is 4.02. The van der Waals surface area contributed by atoms with E-state index in [0.29, 0.717) is 16.0 Å². The molecule has 3 heteroatoms. The molecule has 0 aliphatic heterocycles. The van der Waals surface area contributed by atoms with Gasteiger partial charge in [-0.15, -0.1) is 11.3 Å². The molecule has 1 heterocycles. The average Bonchev–Trinajstić information content (AvgIpc) is 2.81. The highest BCUT2D eigenvalue weighted by atomic mass is 32.1. The van der Waals surface area contributed by atoms with Gasteiger partial charge < -0.3 is 5.11 Å². The first kappa shape index (κ1) is 12.0. The summed E-state index contributed by atoms with van der Waals surface area (Å²) in [4.78, 5) is 13.1. The molecule has 0 radical (unpaired) electrons. The minimum absolute atomic E-state index is 0.00556. The number of carbonyl (C=O) groups is 1. The Labute approximate surface area is 105 Å². The van der Waals surface area contributed by atoms with Gasteiger partial charge in [-0.25, -0.2) is 0 Å². The Balaban J connectivity index is 2.55. The van der Waals surface area contributed by atoms with Crippen molar-refractivity contribution in [3.63, 3.8) is 0 Å². The number of aliphatic hydroxyl groups excluding tert-OH is 1. The number of benzene rings is 1. The van der Waals surface area contributed by atoms with Crippen molar-refractivity contribution in [2.24, 2.45) is 0 Å². The van der Waals surface area contributed by atoms with Gasteiger partial charge in [0.25, 0.3) is 0 Å². The Morgan fingerprint density at radius 3 is 2.65 bits per heavy atom. The maximum absolute atomic E-state index is 12.4. The molecule has 0 amide bonds. The van der Waals surface area contributed by atoms with Crippen molar-refractivity contribution in [1.29, 1.82) is 0 Å². The highest BCUT2D eigenvalue weighted by Crippen LogP contribution is 2.25. The predicted molar refractivity (Wildman–Crippen MR) is 69.6 cm³/mol. The molecule has 1 aromatic heterocycles. The van der Waals surface area contributed by atoms with E-state index in [2.05, 4.69) is 0 Å². The van der Waals surface area contributed by atoms with Crippen LogP contribution in [-0.4, -0.2) is 10.9 Å². The van der Waals surface area contributed by atoms with E-state index in [-0.39, 0.29) is 5.78 Å². The largest absolute Gasteiger partial charge is 0.389 e. The lowest BCUT2D eigenvalue weighted by Crippen LogP contribution is -2.08. The Hall–Kier alpha value is -1.45. The average molecular weight is 246 g/mol. The third kappa shape index (κ3) is 2.30. The van der Waals surface area contributed by atoms with Gasteiger partial charge in [-0.2, -0.15) is 0 Å². The van der Waals surface area contributed by atoms with Crippen molar-refractivity contribution in [1.82, 2.24) is 0 Å². The first-order valence-electron chi connectivity index (χ1n) is 5.47. The van der Waals surface area contributed by atoms with Gasteiger partial charge in [0.2, 0.25) is 5.78 Å². The van der Waals surface area contributed by atoms with Crippen LogP contribution >= 0.6 is 11.3 Å². The van der Waals surface area contributed by atoms with Gasteiger partial charge in [0.1, 0.15) is 0 Å². The smallest absolute Gasteiger partial charge is 0.203 e. The summed E-state index contributed by atoms with van der Waals surface area (Å²) in [6.07, 6.45) is -0.631. The summed E-state index contributed by atoms with van der Waals surface area (Å²) in [5, 5.41) is 11.6. The number of carbonyl (C=O) groups excluding carboxylic acids is 1. The zero-order chi connectivity index (χ0) is 12.4. The first-order valence-corrected chi connectivity index (χ1v) is 6.35. The number of aryl methyl sites for hydroxylation is 1. The van der Waals surface area contributed by atoms with E-state index in [9.17, 15) is 9.90 Å². The topological polar surface area (TPSA) is 37.3 Å². The van der Waals surface area contributed by atoms with Gasteiger partial charge >= 0.3 is 0 Å². The number of hydrogen-bond acceptors (Lipinski definition) is 3. The second kappa shape index (κ2) is 4.82. The van der Waals surface area contributed by atoms with Crippen molar-refractivity contribution in [3.05, 3.63) is 57.3 Å². The van der Waals surface area contributed by atoms with Crippen LogP contribution in [0.3, 0.4) is 0 Å². The summed E-state index contributed by atoms with van der Waals surface area (Å²) in [5.74, 6) is -0.00556. The second-order valence-corrected chi connectivity index (χ2v) is 4.97. The van der Waals surface area contributed by atoms with Gasteiger partial charge in [0, 0.05) is 5.56 Å². The molecule has 1 unspecified atom stereocenters. The van der Waals surface area contributed by atoms with Crippen LogP contribution in [0.25, 0.3) is 0 Å². The normalized spacial score (nSPS) is 12.4. The SMILES string of the molecule is Cc1cccc(C(C)O)c1C(=O)c1cccs1. The Morgan fingerprint density at radius 2 is 2.06 bits per heavy atom. The molecular formula is C14H14O2S. The lowest BCUT2D eigenvalue weighted by Gasteiger charge is -2.13. The number of thiophene rings is 1. The maximum atomic E-state index is 12.4. The Kier molecular flexibility index (Phi) is 3.41. The highest BCUT2D eigenvalue weighted by molar-refractivity contribution is 7.12. The molecule has 2 nitrogen and oxygen atoms in total. The van der Waals surface area contributed by atoms with Crippen LogP contribution in [0.2, 0.25) is 0 Å². The monoisotopic (exact) mass is 246 g/mol. The van der Waals surface area contributed by atoms with E-state index in [1.165, 1.54) is 11.3 Å². The van der Waals surface area contributed by atoms with E-state index in [1.807, 2.05) is 36.6 Å². The van der Waals surface area contributed by atoms with Gasteiger partial charge in [-0.3, -0.25) is 4.79 Å². The van der Waals surface area contributed by atoms with Crippen LogP contribution in [0, 0.1) is 6.92 Å². The first-order chi connectivity index (χ1) is 8.11. The van der Waals surface area contributed by atoms with Crippen molar-refractivity contribution < 1.29 is 9.90 Å². The lowest BCUT2D eigenvalue weighted by molar-refractivity contribution is 0.103. The van der Waals surface area contributed by atoms with Gasteiger partial charge in [0.05, 0.1) is 11.0 Å². The number of aliphatic hydroxyl groups is 1. The van der Waals surface area contributed by atoms with Gasteiger partial charge in [-0.05, 0) is 36.4 Å². The molecule has 0 aliphatic carbocycles. The third-order valence-electron chi connectivity index (χ3n) is 2.73. The number of rotatable bonds is 3. The van der Waals surface area contributed by atoms with Crippen LogP contribution in [0.1, 0.15) is 39.4 Å². The van der Waals surface area contributed by atoms with E-state index in [0.717, 1.165) is 5.56 Å². The van der Waals surface area contributed by atoms with Crippen molar-refractivity contribution in [3.8, 4) is 0 Å². The molecule has 0 aliphatic rings. The highest BCUT2D eigenvalue weighted by Gasteiger charge is 2.18. The zero-order valence-corrected chi connectivity index (χ0v) is 10.6. The number of ketones is 1. The molecule has 17 heavy (non-hydrogen) atoms. The maximum Gasteiger partial charge on any atom is 0.203 e. The fourth-order valence-corrected chi connectivity index (χ4v) is 2.55. The molecule has 2 aromatic rings.